The van der Waals surface area contributed by atoms with Crippen molar-refractivity contribution in [2.24, 2.45) is 0 Å². The van der Waals surface area contributed by atoms with E-state index in [0.717, 1.165) is 31.0 Å². The van der Waals surface area contributed by atoms with Crippen LogP contribution in [0.5, 0.6) is 0 Å². The number of anilines is 2. The zero-order chi connectivity index (χ0) is 16.4. The summed E-state index contributed by atoms with van der Waals surface area (Å²) in [5.74, 6) is -0.565. The molecule has 0 saturated carbocycles. The minimum atomic E-state index is -0.662. The third-order valence-electron chi connectivity index (χ3n) is 3.85. The predicted molar refractivity (Wildman–Crippen MR) is 84.0 cm³/mol. The quantitative estimate of drug-likeness (QED) is 0.529. The lowest BCUT2D eigenvalue weighted by Crippen LogP contribution is -2.06. The Labute approximate surface area is 132 Å². The number of nitro groups is 1. The van der Waals surface area contributed by atoms with E-state index in [1.54, 1.807) is 0 Å². The van der Waals surface area contributed by atoms with Crippen LogP contribution in [-0.4, -0.2) is 23.0 Å². The fraction of sp³-hybridized carbons (Fsp3) is 0.250. The zero-order valence-electron chi connectivity index (χ0n) is 12.5. The number of methoxy groups -OCH3 is 1. The molecule has 0 atom stereocenters. The lowest BCUT2D eigenvalue weighted by molar-refractivity contribution is -0.384. The highest BCUT2D eigenvalue weighted by Gasteiger charge is 2.20. The number of nitrogens with one attached hydrogen (secondary N) is 1. The van der Waals surface area contributed by atoms with Gasteiger partial charge in [-0.05, 0) is 42.5 Å². The van der Waals surface area contributed by atoms with Crippen molar-refractivity contribution in [1.82, 2.24) is 4.98 Å². The first-order valence-corrected chi connectivity index (χ1v) is 7.20. The average molecular weight is 313 g/mol. The Balaban J connectivity index is 1.93. The molecule has 1 aromatic heterocycles. The van der Waals surface area contributed by atoms with Crippen molar-refractivity contribution in [3.05, 3.63) is 57.3 Å². The molecule has 7 nitrogen and oxygen atoms in total. The van der Waals surface area contributed by atoms with E-state index in [-0.39, 0.29) is 17.1 Å². The number of ether oxygens (including phenoxy) is 1. The number of rotatable bonds is 4. The van der Waals surface area contributed by atoms with E-state index in [1.807, 2.05) is 18.2 Å². The van der Waals surface area contributed by atoms with Gasteiger partial charge in [-0.25, -0.2) is 9.78 Å². The summed E-state index contributed by atoms with van der Waals surface area (Å²) in [7, 11) is 1.21. The molecule has 0 fully saturated rings. The molecule has 1 heterocycles. The van der Waals surface area contributed by atoms with Gasteiger partial charge in [-0.2, -0.15) is 0 Å². The predicted octanol–water partition coefficient (Wildman–Crippen LogP) is 3.01. The van der Waals surface area contributed by atoms with Crippen LogP contribution in [0.15, 0.2) is 30.5 Å². The van der Waals surface area contributed by atoms with Gasteiger partial charge in [0.05, 0.1) is 17.6 Å². The van der Waals surface area contributed by atoms with Crippen molar-refractivity contribution in [2.45, 2.75) is 19.3 Å². The van der Waals surface area contributed by atoms with E-state index in [4.69, 9.17) is 0 Å². The highest BCUT2D eigenvalue weighted by molar-refractivity contribution is 5.90. The lowest BCUT2D eigenvalue weighted by Gasteiger charge is -2.09. The number of carbonyl (C=O) groups excluding carboxylic acids is 1. The summed E-state index contributed by atoms with van der Waals surface area (Å²) in [6.45, 7) is 0. The van der Waals surface area contributed by atoms with Crippen molar-refractivity contribution >= 4 is 23.2 Å². The van der Waals surface area contributed by atoms with Crippen molar-refractivity contribution in [3.63, 3.8) is 0 Å². The molecule has 7 heteroatoms. The maximum atomic E-state index is 11.5. The van der Waals surface area contributed by atoms with E-state index in [2.05, 4.69) is 15.0 Å². The third-order valence-corrected chi connectivity index (χ3v) is 3.85. The molecule has 1 aliphatic carbocycles. The van der Waals surface area contributed by atoms with Gasteiger partial charge in [-0.1, -0.05) is 6.07 Å². The Morgan fingerprint density at radius 3 is 2.83 bits per heavy atom. The molecular formula is C16H15N3O4. The first-order valence-electron chi connectivity index (χ1n) is 7.20. The van der Waals surface area contributed by atoms with Crippen LogP contribution in [0.1, 0.15) is 27.9 Å². The standard InChI is InChI=1S/C16H15N3O4/c1-23-16(20)12-8-14(19(21)22)15(17-9-12)18-13-6-5-10-3-2-4-11(10)7-13/h5-9H,2-4H2,1H3,(H,17,18). The van der Waals surface area contributed by atoms with Crippen molar-refractivity contribution in [1.29, 1.82) is 0 Å². The highest BCUT2D eigenvalue weighted by Crippen LogP contribution is 2.29. The molecule has 0 unspecified atom stereocenters. The lowest BCUT2D eigenvalue weighted by atomic mass is 10.1. The molecule has 0 aliphatic heterocycles. The Kier molecular flexibility index (Phi) is 3.92. The molecule has 0 spiro atoms. The van der Waals surface area contributed by atoms with Gasteiger partial charge in [0.1, 0.15) is 0 Å². The summed E-state index contributed by atoms with van der Waals surface area (Å²) in [6.07, 6.45) is 4.48. The molecule has 0 radical (unpaired) electrons. The normalized spacial score (nSPS) is 12.6. The van der Waals surface area contributed by atoms with Crippen LogP contribution in [-0.2, 0) is 17.6 Å². The van der Waals surface area contributed by atoms with Crippen molar-refractivity contribution in [3.8, 4) is 0 Å². The van der Waals surface area contributed by atoms with Crippen LogP contribution in [0.4, 0.5) is 17.2 Å². The van der Waals surface area contributed by atoms with Gasteiger partial charge in [0.15, 0.2) is 0 Å². The van der Waals surface area contributed by atoms with Gasteiger partial charge in [0.25, 0.3) is 0 Å². The Morgan fingerprint density at radius 1 is 1.30 bits per heavy atom. The monoisotopic (exact) mass is 313 g/mol. The maximum absolute atomic E-state index is 11.5. The van der Waals surface area contributed by atoms with E-state index >= 15 is 0 Å². The molecule has 1 aliphatic rings. The zero-order valence-corrected chi connectivity index (χ0v) is 12.5. The Bertz CT molecular complexity index is 789. The molecule has 0 saturated heterocycles. The molecule has 118 valence electrons. The van der Waals surface area contributed by atoms with Gasteiger partial charge in [-0.15, -0.1) is 0 Å². The molecule has 0 bridgehead atoms. The third kappa shape index (κ3) is 2.98. The molecule has 2 aromatic rings. The molecular weight excluding hydrogens is 298 g/mol. The topological polar surface area (TPSA) is 94.4 Å². The number of esters is 1. The van der Waals surface area contributed by atoms with Crippen LogP contribution >= 0.6 is 0 Å². The second-order valence-corrected chi connectivity index (χ2v) is 5.30. The second kappa shape index (κ2) is 6.04. The van der Waals surface area contributed by atoms with Gasteiger partial charge < -0.3 is 10.1 Å². The SMILES string of the molecule is COC(=O)c1cnc(Nc2ccc3c(c2)CCC3)c([N+](=O)[O-])c1. The number of nitrogens with zero attached hydrogens (tertiary/aromatic N) is 2. The summed E-state index contributed by atoms with van der Waals surface area (Å²) in [5.41, 5.74) is 3.09. The summed E-state index contributed by atoms with van der Waals surface area (Å²) in [5, 5.41) is 14.2. The number of aryl methyl sites for hydroxylation is 2. The maximum Gasteiger partial charge on any atom is 0.339 e. The first kappa shape index (κ1) is 15.0. The van der Waals surface area contributed by atoms with Gasteiger partial charge >= 0.3 is 11.7 Å². The van der Waals surface area contributed by atoms with E-state index in [9.17, 15) is 14.9 Å². The highest BCUT2D eigenvalue weighted by atomic mass is 16.6. The Hall–Kier alpha value is -2.96. The minimum Gasteiger partial charge on any atom is -0.465 e. The molecule has 1 N–H and O–H groups in total. The molecule has 1 aromatic carbocycles. The van der Waals surface area contributed by atoms with Crippen LogP contribution in [0.2, 0.25) is 0 Å². The first-order chi connectivity index (χ1) is 11.1. The number of benzene rings is 1. The van der Waals surface area contributed by atoms with Crippen LogP contribution in [0.3, 0.4) is 0 Å². The van der Waals surface area contributed by atoms with Crippen LogP contribution < -0.4 is 5.32 Å². The van der Waals surface area contributed by atoms with Crippen LogP contribution in [0.25, 0.3) is 0 Å². The van der Waals surface area contributed by atoms with E-state index in [1.165, 1.54) is 24.4 Å². The van der Waals surface area contributed by atoms with E-state index in [0.29, 0.717) is 0 Å². The minimum absolute atomic E-state index is 0.0405. The summed E-state index contributed by atoms with van der Waals surface area (Å²) < 4.78 is 4.56. The number of hydrogen-bond donors (Lipinski definition) is 1. The summed E-state index contributed by atoms with van der Waals surface area (Å²) >= 11 is 0. The fourth-order valence-corrected chi connectivity index (χ4v) is 2.70. The van der Waals surface area contributed by atoms with E-state index < -0.39 is 10.9 Å². The molecule has 0 amide bonds. The van der Waals surface area contributed by atoms with Gasteiger partial charge in [-0.3, -0.25) is 10.1 Å². The number of aromatic nitrogens is 1. The Morgan fingerprint density at radius 2 is 2.09 bits per heavy atom. The van der Waals surface area contributed by atoms with Crippen LogP contribution in [0, 0.1) is 10.1 Å². The van der Waals surface area contributed by atoms with Crippen molar-refractivity contribution in [2.75, 3.05) is 12.4 Å². The number of fused-ring (bicyclic) bond motifs is 1. The number of hydrogen-bond acceptors (Lipinski definition) is 6. The second-order valence-electron chi connectivity index (χ2n) is 5.30. The van der Waals surface area contributed by atoms with Gasteiger partial charge in [0, 0.05) is 18.0 Å². The smallest absolute Gasteiger partial charge is 0.339 e. The summed E-state index contributed by atoms with van der Waals surface area (Å²) in [6, 6.07) is 7.06. The average Bonchev–Trinajstić information content (AvgIpc) is 3.02. The van der Waals surface area contributed by atoms with Gasteiger partial charge in [0.2, 0.25) is 5.82 Å². The molecule has 3 rings (SSSR count). The van der Waals surface area contributed by atoms with Crippen molar-refractivity contribution < 1.29 is 14.5 Å². The number of carbonyl (C=O) groups is 1. The largest absolute Gasteiger partial charge is 0.465 e. The fourth-order valence-electron chi connectivity index (χ4n) is 2.70. The number of pyridine rings is 1. The molecule has 23 heavy (non-hydrogen) atoms. The summed E-state index contributed by atoms with van der Waals surface area (Å²) in [4.78, 5) is 26.1.